The van der Waals surface area contributed by atoms with Crippen LogP contribution in [0.2, 0.25) is 0 Å². The second-order valence-electron chi connectivity index (χ2n) is 3.38. The minimum absolute atomic E-state index is 0.0465. The molecule has 0 fully saturated rings. The Balaban J connectivity index is 3.04. The number of methoxy groups -OCH3 is 2. The van der Waals surface area contributed by atoms with Gasteiger partial charge in [0.2, 0.25) is 5.88 Å². The van der Waals surface area contributed by atoms with Crippen molar-refractivity contribution in [2.24, 2.45) is 0 Å². The molecule has 0 aliphatic rings. The third-order valence-electron chi connectivity index (χ3n) is 2.01. The fraction of sp³-hybridized carbons (Fsp3) is 0.556. The first-order valence-corrected chi connectivity index (χ1v) is 4.67. The van der Waals surface area contributed by atoms with Crippen LogP contribution < -0.4 is 9.47 Å². The van der Waals surface area contributed by atoms with Crippen LogP contribution in [0.3, 0.4) is 0 Å². The summed E-state index contributed by atoms with van der Waals surface area (Å²) < 4.78 is 46.2. The summed E-state index contributed by atoms with van der Waals surface area (Å²) in [6.45, 7) is 0. The fourth-order valence-electron chi connectivity index (χ4n) is 1.09. The van der Waals surface area contributed by atoms with Gasteiger partial charge in [-0.25, -0.2) is 0 Å². The molecule has 1 rings (SSSR count). The van der Waals surface area contributed by atoms with Gasteiger partial charge < -0.3 is 19.7 Å². The number of nitrogens with zero attached hydrogens (tertiary/aromatic N) is 2. The van der Waals surface area contributed by atoms with Crippen LogP contribution in [0.25, 0.3) is 0 Å². The van der Waals surface area contributed by atoms with Crippen molar-refractivity contribution >= 4 is 0 Å². The lowest BCUT2D eigenvalue weighted by Crippen LogP contribution is -2.47. The molecule has 0 amide bonds. The van der Waals surface area contributed by atoms with Crippen molar-refractivity contribution in [3.8, 4) is 11.9 Å². The Bertz CT molecular complexity index is 401. The Morgan fingerprint density at radius 1 is 1.17 bits per heavy atom. The summed E-state index contributed by atoms with van der Waals surface area (Å²) in [4.78, 5) is 7.23. The average molecular weight is 268 g/mol. The van der Waals surface area contributed by atoms with Gasteiger partial charge in [0.15, 0.2) is 0 Å². The molecule has 2 N–H and O–H groups in total. The molecule has 0 saturated carbocycles. The third-order valence-corrected chi connectivity index (χ3v) is 2.01. The normalized spacial score (nSPS) is 12.4. The van der Waals surface area contributed by atoms with Crippen molar-refractivity contribution < 1.29 is 32.9 Å². The Morgan fingerprint density at radius 3 is 2.22 bits per heavy atom. The average Bonchev–Trinajstić information content (AvgIpc) is 2.26. The van der Waals surface area contributed by atoms with E-state index in [0.29, 0.717) is 0 Å². The summed E-state index contributed by atoms with van der Waals surface area (Å²) in [5.74, 6) is -3.92. The van der Waals surface area contributed by atoms with Gasteiger partial charge in [-0.3, -0.25) is 0 Å². The third kappa shape index (κ3) is 3.20. The van der Waals surface area contributed by atoms with Crippen LogP contribution in [0.5, 0.6) is 11.9 Å². The number of alkyl halides is 3. The highest BCUT2D eigenvalue weighted by Gasteiger charge is 2.53. The minimum Gasteiger partial charge on any atom is -0.481 e. The van der Waals surface area contributed by atoms with E-state index >= 15 is 0 Å². The molecule has 9 heteroatoms. The summed E-state index contributed by atoms with van der Waals surface area (Å²) in [5.41, 5.74) is -0.277. The number of hydrogen-bond acceptors (Lipinski definition) is 6. The second-order valence-corrected chi connectivity index (χ2v) is 3.38. The lowest BCUT2D eigenvalue weighted by molar-refractivity contribution is -0.348. The zero-order valence-electron chi connectivity index (χ0n) is 9.52. The van der Waals surface area contributed by atoms with Crippen molar-refractivity contribution in [3.05, 3.63) is 11.8 Å². The lowest BCUT2D eigenvalue weighted by atomic mass is 10.1. The van der Waals surface area contributed by atoms with Crippen molar-refractivity contribution in [3.63, 3.8) is 0 Å². The molecule has 0 spiro atoms. The molecule has 0 aliphatic heterocycles. The number of aromatic nitrogens is 2. The standard InChI is InChI=1S/C9H11F3N2O4/c1-17-6-3-5(13-7(14-6)18-2)4-8(15,16)9(10,11)12/h3,15-16H,4H2,1-2H3. The topological polar surface area (TPSA) is 84.7 Å². The predicted octanol–water partition coefficient (Wildman–Crippen LogP) is 0.279. The highest BCUT2D eigenvalue weighted by molar-refractivity contribution is 5.19. The van der Waals surface area contributed by atoms with Crippen molar-refractivity contribution in [2.45, 2.75) is 18.4 Å². The van der Waals surface area contributed by atoms with Crippen molar-refractivity contribution in [1.29, 1.82) is 0 Å². The zero-order valence-corrected chi connectivity index (χ0v) is 9.52. The minimum atomic E-state index is -5.20. The van der Waals surface area contributed by atoms with Gasteiger partial charge in [0.1, 0.15) is 0 Å². The van der Waals surface area contributed by atoms with E-state index in [1.165, 1.54) is 14.2 Å². The Hall–Kier alpha value is -1.61. The molecule has 0 atom stereocenters. The summed E-state index contributed by atoms with van der Waals surface area (Å²) >= 11 is 0. The van der Waals surface area contributed by atoms with Crippen molar-refractivity contribution in [2.75, 3.05) is 14.2 Å². The first-order chi connectivity index (χ1) is 8.19. The zero-order chi connectivity index (χ0) is 14.0. The van der Waals surface area contributed by atoms with Crippen LogP contribution in [0.1, 0.15) is 5.69 Å². The van der Waals surface area contributed by atoms with Crippen LogP contribution in [0.4, 0.5) is 13.2 Å². The van der Waals surface area contributed by atoms with E-state index in [2.05, 4.69) is 14.7 Å². The van der Waals surface area contributed by atoms with Gasteiger partial charge in [0.25, 0.3) is 5.79 Å². The molecule has 18 heavy (non-hydrogen) atoms. The molecule has 102 valence electrons. The van der Waals surface area contributed by atoms with E-state index in [4.69, 9.17) is 14.9 Å². The summed E-state index contributed by atoms with van der Waals surface area (Å²) in [6, 6.07) is 0.817. The number of ether oxygens (including phenoxy) is 2. The molecule has 6 nitrogen and oxygen atoms in total. The van der Waals surface area contributed by atoms with Crippen LogP contribution in [-0.2, 0) is 6.42 Å². The van der Waals surface area contributed by atoms with Crippen LogP contribution in [0.15, 0.2) is 6.07 Å². The van der Waals surface area contributed by atoms with Gasteiger partial charge in [-0.1, -0.05) is 0 Å². The quantitative estimate of drug-likeness (QED) is 0.763. The molecule has 1 aromatic heterocycles. The van der Waals surface area contributed by atoms with E-state index in [9.17, 15) is 13.2 Å². The van der Waals surface area contributed by atoms with Gasteiger partial charge in [0, 0.05) is 6.07 Å². The van der Waals surface area contributed by atoms with Gasteiger partial charge in [-0.2, -0.15) is 23.1 Å². The maximum Gasteiger partial charge on any atom is 0.443 e. The maximum atomic E-state index is 12.3. The summed E-state index contributed by atoms with van der Waals surface area (Å²) in [5, 5.41) is 17.8. The lowest BCUT2D eigenvalue weighted by Gasteiger charge is -2.24. The maximum absolute atomic E-state index is 12.3. The number of halogens is 3. The van der Waals surface area contributed by atoms with Crippen LogP contribution in [0, 0.1) is 0 Å². The van der Waals surface area contributed by atoms with Crippen molar-refractivity contribution in [1.82, 2.24) is 9.97 Å². The van der Waals surface area contributed by atoms with Gasteiger partial charge in [-0.15, -0.1) is 0 Å². The molecule has 0 bridgehead atoms. The van der Waals surface area contributed by atoms with E-state index < -0.39 is 18.4 Å². The fourth-order valence-corrected chi connectivity index (χ4v) is 1.09. The summed E-state index contributed by atoms with van der Waals surface area (Å²) in [6.07, 6.45) is -6.36. The molecular formula is C9H11F3N2O4. The number of rotatable bonds is 4. The molecule has 0 radical (unpaired) electrons. The van der Waals surface area contributed by atoms with E-state index in [0.717, 1.165) is 6.07 Å². The molecule has 0 aromatic carbocycles. The second kappa shape index (κ2) is 4.94. The summed E-state index contributed by atoms with van der Waals surface area (Å²) in [7, 11) is 2.47. The smallest absolute Gasteiger partial charge is 0.443 e. The number of hydrogen-bond donors (Lipinski definition) is 2. The predicted molar refractivity (Wildman–Crippen MR) is 52.1 cm³/mol. The molecule has 1 aromatic rings. The molecule has 0 unspecified atom stereocenters. The van der Waals surface area contributed by atoms with Crippen LogP contribution in [-0.4, -0.2) is 46.4 Å². The monoisotopic (exact) mass is 268 g/mol. The van der Waals surface area contributed by atoms with E-state index in [1.54, 1.807) is 0 Å². The first kappa shape index (κ1) is 14.5. The van der Waals surface area contributed by atoms with Gasteiger partial charge >= 0.3 is 12.2 Å². The van der Waals surface area contributed by atoms with Crippen LogP contribution >= 0.6 is 0 Å². The highest BCUT2D eigenvalue weighted by Crippen LogP contribution is 2.31. The van der Waals surface area contributed by atoms with E-state index in [-0.39, 0.29) is 17.6 Å². The Kier molecular flexibility index (Phi) is 3.97. The van der Waals surface area contributed by atoms with Gasteiger partial charge in [-0.05, 0) is 0 Å². The Labute approximate surface area is 100 Å². The van der Waals surface area contributed by atoms with Gasteiger partial charge in [0.05, 0.1) is 26.3 Å². The highest BCUT2D eigenvalue weighted by atomic mass is 19.4. The molecular weight excluding hydrogens is 257 g/mol. The van der Waals surface area contributed by atoms with E-state index in [1.807, 2.05) is 0 Å². The molecule has 0 aliphatic carbocycles. The largest absolute Gasteiger partial charge is 0.481 e. The first-order valence-electron chi connectivity index (χ1n) is 4.67. The molecule has 1 heterocycles. The molecule has 0 saturated heterocycles. The number of aliphatic hydroxyl groups is 2. The Morgan fingerprint density at radius 2 is 1.78 bits per heavy atom. The SMILES string of the molecule is COc1cc(CC(O)(O)C(F)(F)F)nc(OC)n1.